The highest BCUT2D eigenvalue weighted by molar-refractivity contribution is 5.98. The van der Waals surface area contributed by atoms with Crippen LogP contribution in [0.4, 0.5) is 0 Å². The number of esters is 1. The first-order valence-corrected chi connectivity index (χ1v) is 7.13. The van der Waals surface area contributed by atoms with Crippen LogP contribution in [0.3, 0.4) is 0 Å². The summed E-state index contributed by atoms with van der Waals surface area (Å²) in [5, 5.41) is 0. The molecule has 1 aliphatic heterocycles. The van der Waals surface area contributed by atoms with Crippen LogP contribution in [-0.4, -0.2) is 18.4 Å². The SMILES string of the molecule is CC(C)(C)C1=CC(=O)OC1.CC(C)(C)C1=CCCC1=O. The van der Waals surface area contributed by atoms with Crippen molar-refractivity contribution >= 4 is 11.8 Å². The number of hydrogen-bond donors (Lipinski definition) is 0. The van der Waals surface area contributed by atoms with Gasteiger partial charge >= 0.3 is 5.97 Å². The third-order valence-electron chi connectivity index (χ3n) is 3.45. The Morgan fingerprint density at radius 2 is 1.60 bits per heavy atom. The Hall–Kier alpha value is -1.38. The molecule has 0 amide bonds. The van der Waals surface area contributed by atoms with E-state index in [1.165, 1.54) is 0 Å². The van der Waals surface area contributed by atoms with E-state index in [-0.39, 0.29) is 16.8 Å². The van der Waals surface area contributed by atoms with Gasteiger partial charge < -0.3 is 4.74 Å². The first-order valence-electron chi connectivity index (χ1n) is 7.13. The summed E-state index contributed by atoms with van der Waals surface area (Å²) in [7, 11) is 0. The van der Waals surface area contributed by atoms with Crippen LogP contribution >= 0.6 is 0 Å². The third-order valence-corrected chi connectivity index (χ3v) is 3.45. The standard InChI is InChI=1S/C9H14O.C8H12O2/c1-9(2,3)7-5-4-6-8(7)10;1-8(2,3)6-4-7(9)10-5-6/h5H,4,6H2,1-3H3;4H,5H2,1-3H3. The van der Waals surface area contributed by atoms with Gasteiger partial charge in [-0.3, -0.25) is 4.79 Å². The van der Waals surface area contributed by atoms with Gasteiger partial charge in [0.2, 0.25) is 0 Å². The Labute approximate surface area is 122 Å². The minimum absolute atomic E-state index is 0.0631. The number of ketones is 1. The number of rotatable bonds is 0. The minimum atomic E-state index is -0.204. The Morgan fingerprint density at radius 1 is 1.00 bits per heavy atom. The minimum Gasteiger partial charge on any atom is -0.458 e. The van der Waals surface area contributed by atoms with Gasteiger partial charge in [-0.2, -0.15) is 0 Å². The van der Waals surface area contributed by atoms with E-state index in [1.807, 2.05) is 0 Å². The lowest BCUT2D eigenvalue weighted by Crippen LogP contribution is -2.14. The van der Waals surface area contributed by atoms with Gasteiger partial charge in [-0.15, -0.1) is 0 Å². The zero-order valence-electron chi connectivity index (χ0n) is 13.5. The molecule has 0 radical (unpaired) electrons. The van der Waals surface area contributed by atoms with Gasteiger partial charge in [0.1, 0.15) is 6.61 Å². The maximum absolute atomic E-state index is 11.2. The first kappa shape index (κ1) is 16.7. The third kappa shape index (κ3) is 4.62. The van der Waals surface area contributed by atoms with Gasteiger partial charge in [0.05, 0.1) is 0 Å². The Bertz CT molecular complexity index is 454. The summed E-state index contributed by atoms with van der Waals surface area (Å²) in [6.45, 7) is 12.9. The molecule has 0 aromatic carbocycles. The van der Waals surface area contributed by atoms with Crippen LogP contribution in [0, 0.1) is 10.8 Å². The monoisotopic (exact) mass is 278 g/mol. The topological polar surface area (TPSA) is 43.4 Å². The summed E-state index contributed by atoms with van der Waals surface area (Å²) in [6, 6.07) is 0. The van der Waals surface area contributed by atoms with Crippen molar-refractivity contribution in [3.63, 3.8) is 0 Å². The maximum atomic E-state index is 11.2. The summed E-state index contributed by atoms with van der Waals surface area (Å²) >= 11 is 0. The molecular formula is C17H26O3. The lowest BCUT2D eigenvalue weighted by atomic mass is 9.85. The number of cyclic esters (lactones) is 1. The molecule has 0 aromatic heterocycles. The highest BCUT2D eigenvalue weighted by atomic mass is 16.5. The average molecular weight is 278 g/mol. The van der Waals surface area contributed by atoms with E-state index in [2.05, 4.69) is 47.6 Å². The van der Waals surface area contributed by atoms with E-state index in [1.54, 1.807) is 6.08 Å². The van der Waals surface area contributed by atoms with E-state index in [4.69, 9.17) is 4.74 Å². The predicted molar refractivity (Wildman–Crippen MR) is 80.3 cm³/mol. The van der Waals surface area contributed by atoms with Crippen molar-refractivity contribution in [1.29, 1.82) is 0 Å². The fourth-order valence-corrected chi connectivity index (χ4v) is 2.13. The highest BCUT2D eigenvalue weighted by Crippen LogP contribution is 2.31. The van der Waals surface area contributed by atoms with Gasteiger partial charge in [-0.1, -0.05) is 47.6 Å². The van der Waals surface area contributed by atoms with E-state index < -0.39 is 0 Å². The van der Waals surface area contributed by atoms with Crippen LogP contribution in [0.25, 0.3) is 0 Å². The second kappa shape index (κ2) is 5.94. The molecule has 2 rings (SSSR count). The van der Waals surface area contributed by atoms with E-state index in [0.29, 0.717) is 12.4 Å². The van der Waals surface area contributed by atoms with Crippen molar-refractivity contribution in [2.45, 2.75) is 54.4 Å². The Kier molecular flexibility index (Phi) is 4.95. The number of Topliss-reactive ketones (excluding diaryl/α,β-unsaturated/α-hetero) is 1. The normalized spacial score (nSPS) is 19.1. The highest BCUT2D eigenvalue weighted by Gasteiger charge is 2.26. The summed E-state index contributed by atoms with van der Waals surface area (Å²) < 4.78 is 4.76. The zero-order valence-corrected chi connectivity index (χ0v) is 13.5. The van der Waals surface area contributed by atoms with Crippen LogP contribution in [0.5, 0.6) is 0 Å². The smallest absolute Gasteiger partial charge is 0.331 e. The molecule has 3 nitrogen and oxygen atoms in total. The van der Waals surface area contributed by atoms with Gasteiger partial charge in [0.15, 0.2) is 5.78 Å². The number of carbonyl (C=O) groups excluding carboxylic acids is 2. The molecule has 3 heteroatoms. The largest absolute Gasteiger partial charge is 0.458 e. The van der Waals surface area contributed by atoms with Crippen LogP contribution < -0.4 is 0 Å². The summed E-state index contributed by atoms with van der Waals surface area (Å²) in [5.74, 6) is 0.137. The van der Waals surface area contributed by atoms with Gasteiger partial charge in [-0.05, 0) is 28.4 Å². The second-order valence-electron chi connectivity index (χ2n) is 7.36. The van der Waals surface area contributed by atoms with Crippen LogP contribution in [0.2, 0.25) is 0 Å². The Balaban J connectivity index is 0.000000200. The van der Waals surface area contributed by atoms with Crippen LogP contribution in [-0.2, 0) is 14.3 Å². The fourth-order valence-electron chi connectivity index (χ4n) is 2.13. The summed E-state index contributed by atoms with van der Waals surface area (Å²) in [5.41, 5.74) is 2.24. The molecule has 1 heterocycles. The lowest BCUT2D eigenvalue weighted by Gasteiger charge is -2.18. The molecule has 0 spiro atoms. The molecule has 20 heavy (non-hydrogen) atoms. The number of hydrogen-bond acceptors (Lipinski definition) is 3. The predicted octanol–water partition coefficient (Wildman–Crippen LogP) is 3.84. The van der Waals surface area contributed by atoms with Gasteiger partial charge in [0.25, 0.3) is 0 Å². The van der Waals surface area contributed by atoms with Crippen LogP contribution in [0.15, 0.2) is 23.3 Å². The van der Waals surface area contributed by atoms with E-state index >= 15 is 0 Å². The van der Waals surface area contributed by atoms with Crippen molar-refractivity contribution < 1.29 is 14.3 Å². The van der Waals surface area contributed by atoms with Gasteiger partial charge in [-0.25, -0.2) is 4.79 Å². The van der Waals surface area contributed by atoms with Crippen molar-refractivity contribution in [3.8, 4) is 0 Å². The number of carbonyl (C=O) groups is 2. The maximum Gasteiger partial charge on any atom is 0.331 e. The molecule has 0 saturated carbocycles. The summed E-state index contributed by atoms with van der Waals surface area (Å²) in [6.07, 6.45) is 5.33. The molecule has 0 saturated heterocycles. The van der Waals surface area contributed by atoms with Crippen LogP contribution in [0.1, 0.15) is 54.4 Å². The van der Waals surface area contributed by atoms with Gasteiger partial charge in [0, 0.05) is 12.5 Å². The molecule has 0 aromatic rings. The first-order chi connectivity index (χ1) is 9.01. The quantitative estimate of drug-likeness (QED) is 0.632. The number of allylic oxidation sites excluding steroid dienone is 2. The Morgan fingerprint density at radius 3 is 1.80 bits per heavy atom. The van der Waals surface area contributed by atoms with Crippen molar-refractivity contribution in [2.24, 2.45) is 10.8 Å². The molecule has 2 aliphatic rings. The molecule has 0 fully saturated rings. The van der Waals surface area contributed by atoms with Crippen molar-refractivity contribution in [1.82, 2.24) is 0 Å². The van der Waals surface area contributed by atoms with Crippen molar-refractivity contribution in [2.75, 3.05) is 6.61 Å². The fraction of sp³-hybridized carbons (Fsp3) is 0.647. The molecule has 0 bridgehead atoms. The molecule has 0 atom stereocenters. The van der Waals surface area contributed by atoms with Crippen molar-refractivity contribution in [3.05, 3.63) is 23.3 Å². The molecular weight excluding hydrogens is 252 g/mol. The zero-order chi connectivity index (χ0) is 15.6. The average Bonchev–Trinajstić information content (AvgIpc) is 2.85. The molecule has 112 valence electrons. The summed E-state index contributed by atoms with van der Waals surface area (Å²) in [4.78, 5) is 21.8. The molecule has 0 unspecified atom stereocenters. The number of ether oxygens (including phenoxy) is 1. The van der Waals surface area contributed by atoms with E-state index in [9.17, 15) is 9.59 Å². The molecule has 0 N–H and O–H groups in total. The second-order valence-corrected chi connectivity index (χ2v) is 7.36. The molecule has 1 aliphatic carbocycles. The lowest BCUT2D eigenvalue weighted by molar-refractivity contribution is -0.135. The van der Waals surface area contributed by atoms with E-state index in [0.717, 1.165) is 24.0 Å².